The molecule has 1 heterocycles. The van der Waals surface area contributed by atoms with Crippen LogP contribution in [0.3, 0.4) is 0 Å². The van der Waals surface area contributed by atoms with Crippen LogP contribution in [0, 0.1) is 0 Å². The lowest BCUT2D eigenvalue weighted by atomic mass is 10.1. The number of carbonyl (C=O) groups excluding carboxylic acids is 1. The van der Waals surface area contributed by atoms with E-state index >= 15 is 0 Å². The molecule has 0 aliphatic carbocycles. The first-order valence-corrected chi connectivity index (χ1v) is 7.32. The molecule has 0 aliphatic heterocycles. The van der Waals surface area contributed by atoms with E-state index in [0.29, 0.717) is 17.2 Å². The summed E-state index contributed by atoms with van der Waals surface area (Å²) in [5.74, 6) is 0.852. The van der Waals surface area contributed by atoms with E-state index in [-0.39, 0.29) is 11.4 Å². The van der Waals surface area contributed by atoms with Gasteiger partial charge in [0.2, 0.25) is 0 Å². The molecule has 0 fully saturated rings. The quantitative estimate of drug-likeness (QED) is 0.887. The molecule has 0 saturated carbocycles. The van der Waals surface area contributed by atoms with E-state index in [1.807, 2.05) is 39.0 Å². The maximum absolute atomic E-state index is 12.1. The Kier molecular flexibility index (Phi) is 4.57. The van der Waals surface area contributed by atoms with E-state index in [9.17, 15) is 4.79 Å². The number of nitrogens with one attached hydrogen (secondary N) is 2. The normalized spacial score (nSPS) is 11.0. The number of amides is 1. The van der Waals surface area contributed by atoms with Gasteiger partial charge in [-0.15, -0.1) is 10.2 Å². The van der Waals surface area contributed by atoms with Crippen molar-refractivity contribution in [3.05, 3.63) is 46.4 Å². The first-order chi connectivity index (χ1) is 9.85. The van der Waals surface area contributed by atoms with Crippen molar-refractivity contribution in [1.82, 2.24) is 10.2 Å². The van der Waals surface area contributed by atoms with Crippen LogP contribution in [0.1, 0.15) is 31.1 Å². The summed E-state index contributed by atoms with van der Waals surface area (Å²) in [6, 6.07) is 10.7. The van der Waals surface area contributed by atoms with Crippen molar-refractivity contribution in [2.24, 2.45) is 0 Å². The van der Waals surface area contributed by atoms with E-state index in [2.05, 4.69) is 36.8 Å². The zero-order valence-corrected chi connectivity index (χ0v) is 13.7. The van der Waals surface area contributed by atoms with Crippen LogP contribution >= 0.6 is 15.9 Å². The van der Waals surface area contributed by atoms with Gasteiger partial charge in [0.05, 0.1) is 5.56 Å². The second-order valence-electron chi connectivity index (χ2n) is 5.61. The number of hydrogen-bond donors (Lipinski definition) is 2. The van der Waals surface area contributed by atoms with E-state index in [1.54, 1.807) is 18.2 Å². The summed E-state index contributed by atoms with van der Waals surface area (Å²) in [5, 5.41) is 14.0. The molecule has 2 N–H and O–H groups in total. The molecule has 2 rings (SSSR count). The minimum Gasteiger partial charge on any atom is -0.364 e. The van der Waals surface area contributed by atoms with Gasteiger partial charge in [-0.1, -0.05) is 12.1 Å². The lowest BCUT2D eigenvalue weighted by Gasteiger charge is -2.20. The van der Waals surface area contributed by atoms with Crippen LogP contribution in [0.4, 0.5) is 11.6 Å². The van der Waals surface area contributed by atoms with Crippen molar-refractivity contribution in [3.63, 3.8) is 0 Å². The molecule has 0 aliphatic rings. The molecule has 21 heavy (non-hydrogen) atoms. The molecule has 0 bridgehead atoms. The Balaban J connectivity index is 2.07. The van der Waals surface area contributed by atoms with Crippen LogP contribution in [0.2, 0.25) is 0 Å². The molecule has 0 atom stereocenters. The van der Waals surface area contributed by atoms with Crippen LogP contribution in [0.5, 0.6) is 0 Å². The standard InChI is InChI=1S/C15H17BrN4O/c1-15(2,3)18-13-9-8-12(19-20-13)17-14(21)10-6-4-5-7-11(10)16/h4-9H,1-3H3,(H,18,20)(H,17,19,21). The Hall–Kier alpha value is -1.95. The molecule has 110 valence electrons. The van der Waals surface area contributed by atoms with E-state index in [0.717, 1.165) is 4.47 Å². The number of anilines is 2. The van der Waals surface area contributed by atoms with Gasteiger partial charge in [-0.05, 0) is 61.0 Å². The average molecular weight is 349 g/mol. The molecule has 5 nitrogen and oxygen atoms in total. The number of hydrogen-bond acceptors (Lipinski definition) is 4. The fourth-order valence-electron chi connectivity index (χ4n) is 1.68. The highest BCUT2D eigenvalue weighted by molar-refractivity contribution is 9.10. The van der Waals surface area contributed by atoms with Gasteiger partial charge in [0.1, 0.15) is 5.82 Å². The first-order valence-electron chi connectivity index (χ1n) is 6.53. The number of carbonyl (C=O) groups is 1. The first kappa shape index (κ1) is 15.4. The van der Waals surface area contributed by atoms with Crippen molar-refractivity contribution in [2.45, 2.75) is 26.3 Å². The van der Waals surface area contributed by atoms with Crippen LogP contribution in [-0.2, 0) is 0 Å². The minimum atomic E-state index is -0.228. The van der Waals surface area contributed by atoms with Crippen molar-refractivity contribution in [2.75, 3.05) is 10.6 Å². The highest BCUT2D eigenvalue weighted by atomic mass is 79.9. The molecule has 0 spiro atoms. The predicted molar refractivity (Wildman–Crippen MR) is 87.5 cm³/mol. The zero-order chi connectivity index (χ0) is 15.5. The Labute approximate surface area is 132 Å². The molecule has 0 unspecified atom stereocenters. The molecular formula is C15H17BrN4O. The molecular weight excluding hydrogens is 332 g/mol. The van der Waals surface area contributed by atoms with Gasteiger partial charge in [0.25, 0.3) is 5.91 Å². The van der Waals surface area contributed by atoms with Gasteiger partial charge >= 0.3 is 0 Å². The Morgan fingerprint density at radius 2 is 1.67 bits per heavy atom. The molecule has 1 aromatic heterocycles. The maximum atomic E-state index is 12.1. The van der Waals surface area contributed by atoms with Crippen molar-refractivity contribution in [1.29, 1.82) is 0 Å². The Morgan fingerprint density at radius 1 is 1.05 bits per heavy atom. The van der Waals surface area contributed by atoms with Gasteiger partial charge < -0.3 is 10.6 Å². The lowest BCUT2D eigenvalue weighted by molar-refractivity contribution is 0.102. The minimum absolute atomic E-state index is 0.0889. The molecule has 2 aromatic rings. The lowest BCUT2D eigenvalue weighted by Crippen LogP contribution is -2.26. The van der Waals surface area contributed by atoms with Gasteiger partial charge in [0, 0.05) is 10.0 Å². The number of rotatable bonds is 3. The third-order valence-electron chi connectivity index (χ3n) is 2.53. The second kappa shape index (κ2) is 6.22. The van der Waals surface area contributed by atoms with E-state index in [4.69, 9.17) is 0 Å². The molecule has 0 radical (unpaired) electrons. The highest BCUT2D eigenvalue weighted by Gasteiger charge is 2.12. The topological polar surface area (TPSA) is 66.9 Å². The smallest absolute Gasteiger partial charge is 0.258 e. The third kappa shape index (κ3) is 4.53. The largest absolute Gasteiger partial charge is 0.364 e. The Morgan fingerprint density at radius 3 is 2.24 bits per heavy atom. The van der Waals surface area contributed by atoms with Crippen molar-refractivity contribution in [3.8, 4) is 0 Å². The second-order valence-corrected chi connectivity index (χ2v) is 6.47. The van der Waals surface area contributed by atoms with Crippen LogP contribution in [-0.4, -0.2) is 21.6 Å². The number of benzene rings is 1. The number of aromatic nitrogens is 2. The molecule has 1 aromatic carbocycles. The summed E-state index contributed by atoms with van der Waals surface area (Å²) in [6.07, 6.45) is 0. The predicted octanol–water partition coefficient (Wildman–Crippen LogP) is 3.70. The summed E-state index contributed by atoms with van der Waals surface area (Å²) < 4.78 is 0.737. The van der Waals surface area contributed by atoms with E-state index < -0.39 is 0 Å². The van der Waals surface area contributed by atoms with Gasteiger partial charge in [-0.2, -0.15) is 0 Å². The summed E-state index contributed by atoms with van der Waals surface area (Å²) in [6.45, 7) is 6.12. The number of halogens is 1. The third-order valence-corrected chi connectivity index (χ3v) is 3.22. The summed E-state index contributed by atoms with van der Waals surface area (Å²) >= 11 is 3.35. The monoisotopic (exact) mass is 348 g/mol. The summed E-state index contributed by atoms with van der Waals surface area (Å²) in [4.78, 5) is 12.1. The van der Waals surface area contributed by atoms with Crippen LogP contribution in [0.25, 0.3) is 0 Å². The SMILES string of the molecule is CC(C)(C)Nc1ccc(NC(=O)c2ccccc2Br)nn1. The molecule has 1 amide bonds. The molecule has 6 heteroatoms. The fraction of sp³-hybridized carbons (Fsp3) is 0.267. The number of nitrogens with zero attached hydrogens (tertiary/aromatic N) is 2. The van der Waals surface area contributed by atoms with E-state index in [1.165, 1.54) is 0 Å². The maximum Gasteiger partial charge on any atom is 0.258 e. The summed E-state index contributed by atoms with van der Waals surface area (Å²) in [5.41, 5.74) is 0.463. The highest BCUT2D eigenvalue weighted by Crippen LogP contribution is 2.17. The van der Waals surface area contributed by atoms with Gasteiger partial charge in [-0.3, -0.25) is 4.79 Å². The zero-order valence-electron chi connectivity index (χ0n) is 12.1. The van der Waals surface area contributed by atoms with Crippen molar-refractivity contribution < 1.29 is 4.79 Å². The summed E-state index contributed by atoms with van der Waals surface area (Å²) in [7, 11) is 0. The van der Waals surface area contributed by atoms with Crippen LogP contribution < -0.4 is 10.6 Å². The molecule has 0 saturated heterocycles. The Bertz CT molecular complexity index is 635. The average Bonchev–Trinajstić information content (AvgIpc) is 2.40. The fourth-order valence-corrected chi connectivity index (χ4v) is 2.14. The van der Waals surface area contributed by atoms with Crippen molar-refractivity contribution >= 4 is 33.5 Å². The van der Waals surface area contributed by atoms with Crippen LogP contribution in [0.15, 0.2) is 40.9 Å². The van der Waals surface area contributed by atoms with Gasteiger partial charge in [-0.25, -0.2) is 0 Å². The van der Waals surface area contributed by atoms with Gasteiger partial charge in [0.15, 0.2) is 5.82 Å².